The number of carboxylic acid groups (broad SMARTS) is 1. The minimum absolute atomic E-state index is 0.0778. The number of aryl methyl sites for hydroxylation is 1. The van der Waals surface area contributed by atoms with E-state index in [4.69, 9.17) is 4.52 Å². The normalized spacial score (nSPS) is 11.1. The van der Waals surface area contributed by atoms with Crippen LogP contribution < -0.4 is 10.6 Å². The van der Waals surface area contributed by atoms with E-state index in [0.29, 0.717) is 24.4 Å². The molecule has 9 heteroatoms. The highest BCUT2D eigenvalue weighted by Crippen LogP contribution is 2.25. The number of carbonyl (C=O) groups is 3. The van der Waals surface area contributed by atoms with Crippen molar-refractivity contribution < 1.29 is 24.0 Å². The number of aromatic nitrogens is 1. The molecule has 0 aromatic carbocycles. The molecule has 1 rings (SSSR count). The van der Waals surface area contributed by atoms with Crippen LogP contribution in [0.2, 0.25) is 0 Å². The molecule has 0 saturated heterocycles. The number of nitrogens with zero attached hydrogens (tertiary/aromatic N) is 1. The Labute approximate surface area is 144 Å². The van der Waals surface area contributed by atoms with Crippen LogP contribution in [-0.4, -0.2) is 46.1 Å². The summed E-state index contributed by atoms with van der Waals surface area (Å²) in [6, 6.07) is 1.59. The predicted octanol–water partition coefficient (Wildman–Crippen LogP) is 1.66. The highest BCUT2D eigenvalue weighted by Gasteiger charge is 2.35. The van der Waals surface area contributed by atoms with Crippen LogP contribution in [0.1, 0.15) is 32.4 Å². The van der Waals surface area contributed by atoms with E-state index < -0.39 is 11.4 Å². The Morgan fingerprint density at radius 2 is 1.88 bits per heavy atom. The maximum absolute atomic E-state index is 11.8. The van der Waals surface area contributed by atoms with Gasteiger partial charge in [0.15, 0.2) is 5.82 Å². The Hall–Kier alpha value is -2.03. The third kappa shape index (κ3) is 5.88. The molecule has 0 aliphatic carbocycles. The molecular formula is C15H23N3O5S. The average molecular weight is 357 g/mol. The molecule has 3 N–H and O–H groups in total. The molecule has 0 bridgehead atoms. The van der Waals surface area contributed by atoms with E-state index in [-0.39, 0.29) is 29.9 Å². The molecule has 0 aliphatic rings. The summed E-state index contributed by atoms with van der Waals surface area (Å²) in [6.45, 7) is 5.37. The second kappa shape index (κ2) is 9.31. The largest absolute Gasteiger partial charge is 0.481 e. The molecule has 0 aliphatic heterocycles. The van der Waals surface area contributed by atoms with Crippen molar-refractivity contribution in [1.29, 1.82) is 0 Å². The molecule has 0 atom stereocenters. The van der Waals surface area contributed by atoms with Crippen molar-refractivity contribution in [2.75, 3.05) is 23.4 Å². The Morgan fingerprint density at radius 1 is 1.25 bits per heavy atom. The van der Waals surface area contributed by atoms with Gasteiger partial charge in [-0.2, -0.15) is 0 Å². The zero-order chi connectivity index (χ0) is 18.2. The van der Waals surface area contributed by atoms with Crippen molar-refractivity contribution >= 4 is 35.4 Å². The number of carboxylic acids is 1. The molecule has 24 heavy (non-hydrogen) atoms. The van der Waals surface area contributed by atoms with Gasteiger partial charge in [0.1, 0.15) is 5.76 Å². The lowest BCUT2D eigenvalue weighted by Gasteiger charge is -2.26. The molecule has 0 unspecified atom stereocenters. The number of anilines is 1. The van der Waals surface area contributed by atoms with Crippen LogP contribution in [0.4, 0.5) is 5.82 Å². The second-order valence-electron chi connectivity index (χ2n) is 5.43. The summed E-state index contributed by atoms with van der Waals surface area (Å²) in [4.78, 5) is 34.8. The highest BCUT2D eigenvalue weighted by molar-refractivity contribution is 8.00. The summed E-state index contributed by atoms with van der Waals surface area (Å²) in [7, 11) is 0. The van der Waals surface area contributed by atoms with Crippen molar-refractivity contribution in [3.8, 4) is 0 Å². The fraction of sp³-hybridized carbons (Fsp3) is 0.600. The summed E-state index contributed by atoms with van der Waals surface area (Å²) in [5, 5.41) is 18.1. The summed E-state index contributed by atoms with van der Waals surface area (Å²) in [6.07, 6.45) is 0.873. The quantitative estimate of drug-likeness (QED) is 0.582. The first-order valence-corrected chi connectivity index (χ1v) is 8.79. The number of thioether (sulfide) groups is 1. The van der Waals surface area contributed by atoms with Crippen LogP contribution in [0.5, 0.6) is 0 Å². The monoisotopic (exact) mass is 357 g/mol. The number of rotatable bonds is 10. The maximum atomic E-state index is 11.8. The Morgan fingerprint density at radius 3 is 2.38 bits per heavy atom. The van der Waals surface area contributed by atoms with Gasteiger partial charge in [0, 0.05) is 12.6 Å². The van der Waals surface area contributed by atoms with E-state index in [0.717, 1.165) is 11.8 Å². The Kier molecular flexibility index (Phi) is 7.76. The van der Waals surface area contributed by atoms with Crippen LogP contribution >= 0.6 is 11.8 Å². The molecule has 0 fully saturated rings. The van der Waals surface area contributed by atoms with Gasteiger partial charge in [0.25, 0.3) is 0 Å². The highest BCUT2D eigenvalue weighted by atomic mass is 32.2. The molecule has 2 amide bonds. The molecule has 1 heterocycles. The second-order valence-corrected chi connectivity index (χ2v) is 6.42. The fourth-order valence-corrected chi connectivity index (χ4v) is 2.68. The topological polar surface area (TPSA) is 122 Å². The van der Waals surface area contributed by atoms with Gasteiger partial charge >= 0.3 is 5.97 Å². The first kappa shape index (κ1) is 20.0. The summed E-state index contributed by atoms with van der Waals surface area (Å²) in [5.74, 6) is -0.409. The number of hydrogen-bond donors (Lipinski definition) is 3. The van der Waals surface area contributed by atoms with Crippen molar-refractivity contribution in [1.82, 2.24) is 10.5 Å². The van der Waals surface area contributed by atoms with Gasteiger partial charge in [-0.05, 0) is 19.8 Å². The zero-order valence-corrected chi connectivity index (χ0v) is 14.9. The molecule has 0 saturated carbocycles. The smallest absolute Gasteiger partial charge is 0.311 e. The van der Waals surface area contributed by atoms with Gasteiger partial charge in [-0.15, -0.1) is 11.8 Å². The Bertz CT molecular complexity index is 583. The number of hydrogen-bond acceptors (Lipinski definition) is 6. The number of amides is 2. The van der Waals surface area contributed by atoms with E-state index in [1.54, 1.807) is 26.8 Å². The summed E-state index contributed by atoms with van der Waals surface area (Å²) >= 11 is 1.14. The van der Waals surface area contributed by atoms with Crippen LogP contribution in [0.3, 0.4) is 0 Å². The molecule has 0 spiro atoms. The molecule has 0 radical (unpaired) electrons. The molecule has 1 aromatic rings. The van der Waals surface area contributed by atoms with Gasteiger partial charge in [-0.1, -0.05) is 19.0 Å². The van der Waals surface area contributed by atoms with Crippen LogP contribution in [-0.2, 0) is 14.4 Å². The van der Waals surface area contributed by atoms with E-state index in [1.807, 2.05) is 0 Å². The van der Waals surface area contributed by atoms with E-state index in [1.165, 1.54) is 0 Å². The van der Waals surface area contributed by atoms with Crippen LogP contribution in [0, 0.1) is 12.3 Å². The summed E-state index contributed by atoms with van der Waals surface area (Å²) < 4.78 is 4.83. The van der Waals surface area contributed by atoms with Gasteiger partial charge < -0.3 is 20.3 Å². The number of aliphatic carboxylic acids is 1. The van der Waals surface area contributed by atoms with Crippen molar-refractivity contribution in [2.45, 2.75) is 33.6 Å². The molecular weight excluding hydrogens is 334 g/mol. The van der Waals surface area contributed by atoms with E-state index in [9.17, 15) is 19.5 Å². The van der Waals surface area contributed by atoms with Crippen LogP contribution in [0.15, 0.2) is 10.6 Å². The van der Waals surface area contributed by atoms with E-state index >= 15 is 0 Å². The predicted molar refractivity (Wildman–Crippen MR) is 90.9 cm³/mol. The summed E-state index contributed by atoms with van der Waals surface area (Å²) in [5.41, 5.74) is -0.942. The lowest BCUT2D eigenvalue weighted by Crippen LogP contribution is -2.43. The molecule has 134 valence electrons. The van der Waals surface area contributed by atoms with Gasteiger partial charge in [0.2, 0.25) is 11.8 Å². The van der Waals surface area contributed by atoms with Crippen molar-refractivity contribution in [3.63, 3.8) is 0 Å². The van der Waals surface area contributed by atoms with Crippen LogP contribution in [0.25, 0.3) is 0 Å². The van der Waals surface area contributed by atoms with Crippen molar-refractivity contribution in [2.24, 2.45) is 5.41 Å². The third-order valence-corrected chi connectivity index (χ3v) is 4.73. The maximum Gasteiger partial charge on any atom is 0.311 e. The first-order chi connectivity index (χ1) is 11.3. The van der Waals surface area contributed by atoms with Gasteiger partial charge in [-0.3, -0.25) is 14.4 Å². The average Bonchev–Trinajstić information content (AvgIpc) is 2.93. The lowest BCUT2D eigenvalue weighted by atomic mass is 9.82. The minimum Gasteiger partial charge on any atom is -0.481 e. The standard InChI is InChI=1S/C15H23N3O5S/c1-4-15(5-2,14(21)22)9-16-12(19)7-24-8-13(20)17-11-6-10(3)23-18-11/h6H,4-5,7-9H2,1-3H3,(H,16,19)(H,21,22)(H,17,18,20). The van der Waals surface area contributed by atoms with Crippen molar-refractivity contribution in [3.05, 3.63) is 11.8 Å². The van der Waals surface area contributed by atoms with Gasteiger partial charge in [-0.25, -0.2) is 0 Å². The SMILES string of the molecule is CCC(CC)(CNC(=O)CSCC(=O)Nc1cc(C)on1)C(=O)O. The first-order valence-electron chi connectivity index (χ1n) is 7.64. The zero-order valence-electron chi connectivity index (χ0n) is 14.0. The lowest BCUT2D eigenvalue weighted by molar-refractivity contribution is -0.149. The number of nitrogens with one attached hydrogen (secondary N) is 2. The number of carbonyl (C=O) groups excluding carboxylic acids is 2. The van der Waals surface area contributed by atoms with Gasteiger partial charge in [0.05, 0.1) is 16.9 Å². The van der Waals surface area contributed by atoms with E-state index in [2.05, 4.69) is 15.8 Å². The molecule has 1 aromatic heterocycles. The fourth-order valence-electron chi connectivity index (χ4n) is 2.04. The minimum atomic E-state index is -0.942. The third-order valence-electron chi connectivity index (χ3n) is 3.79. The molecule has 8 nitrogen and oxygen atoms in total. The Balaban J connectivity index is 2.31.